The molecule has 1 aliphatic rings. The zero-order valence-electron chi connectivity index (χ0n) is 16.2. The number of carbonyl (C=O) groups excluding carboxylic acids is 2. The molecular formula is C21H24N2O4S. The number of anilines is 1. The van der Waals surface area contributed by atoms with Crippen molar-refractivity contribution >= 4 is 27.5 Å². The quantitative estimate of drug-likeness (QED) is 0.835. The average molecular weight is 401 g/mol. The molecule has 7 heteroatoms. The van der Waals surface area contributed by atoms with Crippen LogP contribution in [0.25, 0.3) is 0 Å². The maximum absolute atomic E-state index is 13.1. The number of sulfonamides is 1. The highest BCUT2D eigenvalue weighted by molar-refractivity contribution is 7.89. The molecule has 1 fully saturated rings. The van der Waals surface area contributed by atoms with Gasteiger partial charge in [0.25, 0.3) is 10.0 Å². The van der Waals surface area contributed by atoms with E-state index in [2.05, 4.69) is 5.32 Å². The van der Waals surface area contributed by atoms with E-state index in [0.29, 0.717) is 5.69 Å². The molecule has 2 amide bonds. The number of hydrogen-bond donors (Lipinski definition) is 1. The van der Waals surface area contributed by atoms with Gasteiger partial charge < -0.3 is 5.32 Å². The minimum absolute atomic E-state index is 0.0254. The molecule has 2 aromatic rings. The minimum Gasteiger partial charge on any atom is -0.324 e. The normalized spacial score (nSPS) is 17.0. The van der Waals surface area contributed by atoms with E-state index in [0.717, 1.165) is 27.4 Å². The van der Waals surface area contributed by atoms with Crippen molar-refractivity contribution in [1.29, 1.82) is 0 Å². The van der Waals surface area contributed by atoms with Crippen LogP contribution in [-0.2, 0) is 26.0 Å². The molecule has 0 aromatic heterocycles. The molecule has 1 atom stereocenters. The Labute approximate surface area is 165 Å². The highest BCUT2D eigenvalue weighted by Gasteiger charge is 2.44. The average Bonchev–Trinajstić information content (AvgIpc) is 3.06. The van der Waals surface area contributed by atoms with Gasteiger partial charge in [-0.3, -0.25) is 9.59 Å². The molecule has 1 unspecified atom stereocenters. The van der Waals surface area contributed by atoms with E-state index < -0.39 is 27.9 Å². The van der Waals surface area contributed by atoms with Crippen molar-refractivity contribution in [3.05, 3.63) is 59.2 Å². The summed E-state index contributed by atoms with van der Waals surface area (Å²) < 4.78 is 27.0. The van der Waals surface area contributed by atoms with E-state index in [1.807, 2.05) is 32.9 Å². The second-order valence-corrected chi connectivity index (χ2v) is 8.81. The molecule has 6 nitrogen and oxygen atoms in total. The fourth-order valence-corrected chi connectivity index (χ4v) is 5.04. The Morgan fingerprint density at radius 1 is 1.14 bits per heavy atom. The fourth-order valence-electron chi connectivity index (χ4n) is 3.36. The maximum Gasteiger partial charge on any atom is 0.267 e. The summed E-state index contributed by atoms with van der Waals surface area (Å²) in [6.07, 6.45) is 0.922. The number of nitrogens with zero attached hydrogens (tertiary/aromatic N) is 1. The highest BCUT2D eigenvalue weighted by atomic mass is 32.2. The summed E-state index contributed by atoms with van der Waals surface area (Å²) >= 11 is 0. The van der Waals surface area contributed by atoms with Crippen molar-refractivity contribution in [2.75, 3.05) is 5.32 Å². The van der Waals surface area contributed by atoms with Gasteiger partial charge in [0, 0.05) is 12.1 Å². The van der Waals surface area contributed by atoms with Gasteiger partial charge in [0.15, 0.2) is 0 Å². The van der Waals surface area contributed by atoms with Crippen LogP contribution in [0, 0.1) is 13.8 Å². The summed E-state index contributed by atoms with van der Waals surface area (Å²) in [4.78, 5) is 25.3. The highest BCUT2D eigenvalue weighted by Crippen LogP contribution is 2.29. The minimum atomic E-state index is -4.11. The second kappa shape index (κ2) is 7.75. The van der Waals surface area contributed by atoms with E-state index >= 15 is 0 Å². The summed E-state index contributed by atoms with van der Waals surface area (Å²) in [6, 6.07) is 11.0. The van der Waals surface area contributed by atoms with Crippen LogP contribution in [-0.4, -0.2) is 30.6 Å². The largest absolute Gasteiger partial charge is 0.324 e. The van der Waals surface area contributed by atoms with E-state index in [1.165, 1.54) is 12.1 Å². The predicted molar refractivity (Wildman–Crippen MR) is 107 cm³/mol. The van der Waals surface area contributed by atoms with Gasteiger partial charge in [-0.15, -0.1) is 0 Å². The maximum atomic E-state index is 13.1. The van der Waals surface area contributed by atoms with E-state index in [-0.39, 0.29) is 17.7 Å². The van der Waals surface area contributed by atoms with Gasteiger partial charge in [-0.05, 0) is 61.6 Å². The number of rotatable bonds is 5. The molecule has 1 heterocycles. The first-order valence-electron chi connectivity index (χ1n) is 9.29. The third-order valence-corrected chi connectivity index (χ3v) is 6.98. The molecular weight excluding hydrogens is 376 g/mol. The lowest BCUT2D eigenvalue weighted by molar-refractivity contribution is -0.128. The Bertz CT molecular complexity index is 1030. The van der Waals surface area contributed by atoms with Crippen molar-refractivity contribution in [1.82, 2.24) is 4.31 Å². The Balaban J connectivity index is 1.92. The van der Waals surface area contributed by atoms with Gasteiger partial charge in [0.2, 0.25) is 11.8 Å². The first kappa shape index (κ1) is 20.1. The first-order valence-corrected chi connectivity index (χ1v) is 10.7. The molecule has 148 valence electrons. The number of amides is 2. The molecule has 1 saturated heterocycles. The zero-order chi connectivity index (χ0) is 20.5. The van der Waals surface area contributed by atoms with Crippen LogP contribution >= 0.6 is 0 Å². The van der Waals surface area contributed by atoms with Crippen LogP contribution in [0.4, 0.5) is 5.69 Å². The van der Waals surface area contributed by atoms with Crippen LogP contribution in [0.3, 0.4) is 0 Å². The van der Waals surface area contributed by atoms with Crippen molar-refractivity contribution in [3.8, 4) is 0 Å². The number of carbonyl (C=O) groups is 2. The second-order valence-electron chi connectivity index (χ2n) is 7.00. The first-order chi connectivity index (χ1) is 13.3. The van der Waals surface area contributed by atoms with Crippen molar-refractivity contribution in [3.63, 3.8) is 0 Å². The van der Waals surface area contributed by atoms with Crippen LogP contribution in [0.1, 0.15) is 36.5 Å². The number of para-hydroxylation sites is 1. The van der Waals surface area contributed by atoms with Crippen LogP contribution < -0.4 is 5.32 Å². The number of nitrogens with one attached hydrogen (secondary N) is 1. The molecule has 1 aliphatic heterocycles. The Kier molecular flexibility index (Phi) is 5.56. The monoisotopic (exact) mass is 400 g/mol. The lowest BCUT2D eigenvalue weighted by atomic mass is 10.1. The van der Waals surface area contributed by atoms with Crippen molar-refractivity contribution in [2.45, 2.75) is 51.0 Å². The zero-order valence-corrected chi connectivity index (χ0v) is 17.0. The molecule has 0 aliphatic carbocycles. The molecule has 0 spiro atoms. The summed E-state index contributed by atoms with van der Waals surface area (Å²) in [7, 11) is -4.11. The Morgan fingerprint density at radius 3 is 2.54 bits per heavy atom. The standard InChI is InChI=1S/C21H24N2O4S/c1-4-16-7-5-6-8-18(16)22-21(25)19-11-12-20(24)23(19)28(26,27)17-10-9-14(2)15(3)13-17/h5-10,13,19H,4,11-12H2,1-3H3,(H,22,25). The number of hydrogen-bond acceptors (Lipinski definition) is 4. The van der Waals surface area contributed by atoms with Crippen LogP contribution in [0.2, 0.25) is 0 Å². The third kappa shape index (κ3) is 3.67. The fraction of sp³-hybridized carbons (Fsp3) is 0.333. The third-order valence-electron chi connectivity index (χ3n) is 5.15. The SMILES string of the molecule is CCc1ccccc1NC(=O)C1CCC(=O)N1S(=O)(=O)c1ccc(C)c(C)c1. The van der Waals surface area contributed by atoms with Crippen LogP contribution in [0.15, 0.2) is 47.4 Å². The summed E-state index contributed by atoms with van der Waals surface area (Å²) in [6.45, 7) is 5.67. The molecule has 28 heavy (non-hydrogen) atoms. The van der Waals surface area contributed by atoms with Crippen molar-refractivity contribution in [2.24, 2.45) is 0 Å². The Morgan fingerprint density at radius 2 is 1.86 bits per heavy atom. The van der Waals surface area contributed by atoms with E-state index in [1.54, 1.807) is 18.2 Å². The molecule has 0 saturated carbocycles. The molecule has 0 bridgehead atoms. The molecule has 3 rings (SSSR count). The van der Waals surface area contributed by atoms with Gasteiger partial charge in [0.05, 0.1) is 4.90 Å². The van der Waals surface area contributed by atoms with Gasteiger partial charge in [0.1, 0.15) is 6.04 Å². The van der Waals surface area contributed by atoms with E-state index in [4.69, 9.17) is 0 Å². The topological polar surface area (TPSA) is 83.6 Å². The molecule has 2 aromatic carbocycles. The smallest absolute Gasteiger partial charge is 0.267 e. The van der Waals surface area contributed by atoms with Crippen LogP contribution in [0.5, 0.6) is 0 Å². The van der Waals surface area contributed by atoms with Crippen molar-refractivity contribution < 1.29 is 18.0 Å². The number of benzene rings is 2. The van der Waals surface area contributed by atoms with Gasteiger partial charge in [-0.2, -0.15) is 0 Å². The summed E-state index contributed by atoms with van der Waals surface area (Å²) in [5.41, 5.74) is 3.35. The Hall–Kier alpha value is -2.67. The summed E-state index contributed by atoms with van der Waals surface area (Å²) in [5.74, 6) is -1.04. The van der Waals surface area contributed by atoms with Gasteiger partial charge in [-0.1, -0.05) is 31.2 Å². The van der Waals surface area contributed by atoms with Gasteiger partial charge in [-0.25, -0.2) is 12.7 Å². The predicted octanol–water partition coefficient (Wildman–Crippen LogP) is 3.18. The summed E-state index contributed by atoms with van der Waals surface area (Å²) in [5, 5.41) is 2.80. The van der Waals surface area contributed by atoms with Gasteiger partial charge >= 0.3 is 0 Å². The lowest BCUT2D eigenvalue weighted by Gasteiger charge is -2.24. The van der Waals surface area contributed by atoms with E-state index in [9.17, 15) is 18.0 Å². The number of aryl methyl sites for hydroxylation is 3. The molecule has 0 radical (unpaired) electrons. The lowest BCUT2D eigenvalue weighted by Crippen LogP contribution is -2.45. The molecule has 1 N–H and O–H groups in total.